The van der Waals surface area contributed by atoms with Crippen molar-refractivity contribution in [2.75, 3.05) is 13.2 Å². The molecule has 2 heterocycles. The van der Waals surface area contributed by atoms with Crippen molar-refractivity contribution in [2.45, 2.75) is 39.9 Å². The number of urea groups is 1. The highest BCUT2D eigenvalue weighted by Gasteiger charge is 2.26. The lowest BCUT2D eigenvalue weighted by molar-refractivity contribution is 0.130. The highest BCUT2D eigenvalue weighted by Crippen LogP contribution is 2.31. The first-order valence-corrected chi connectivity index (χ1v) is 11.8. The molecule has 0 unspecified atom stereocenters. The highest BCUT2D eigenvalue weighted by molar-refractivity contribution is 5.82. The van der Waals surface area contributed by atoms with Gasteiger partial charge in [0.15, 0.2) is 0 Å². The number of rotatable bonds is 4. The maximum atomic E-state index is 13.6. The molecule has 4 aromatic rings. The van der Waals surface area contributed by atoms with E-state index in [1.165, 1.54) is 0 Å². The Kier molecular flexibility index (Phi) is 5.97. The molecular formula is C28H30N4O2. The van der Waals surface area contributed by atoms with Gasteiger partial charge in [0, 0.05) is 18.2 Å². The van der Waals surface area contributed by atoms with Gasteiger partial charge in [0.1, 0.15) is 18.2 Å². The van der Waals surface area contributed by atoms with Crippen LogP contribution in [0.5, 0.6) is 5.75 Å². The molecule has 6 heteroatoms. The van der Waals surface area contributed by atoms with Crippen LogP contribution >= 0.6 is 0 Å². The van der Waals surface area contributed by atoms with Crippen LogP contribution in [0, 0.1) is 6.92 Å². The van der Waals surface area contributed by atoms with Crippen LogP contribution in [0.1, 0.15) is 30.8 Å². The zero-order valence-electron chi connectivity index (χ0n) is 19.9. The van der Waals surface area contributed by atoms with E-state index in [0.29, 0.717) is 26.2 Å². The first kappa shape index (κ1) is 22.0. The molecule has 0 saturated carbocycles. The van der Waals surface area contributed by atoms with Gasteiger partial charge in [-0.2, -0.15) is 0 Å². The smallest absolute Gasteiger partial charge is 0.320 e. The van der Waals surface area contributed by atoms with Crippen molar-refractivity contribution >= 4 is 17.1 Å². The lowest BCUT2D eigenvalue weighted by Gasteiger charge is -2.32. The van der Waals surface area contributed by atoms with Gasteiger partial charge in [-0.25, -0.2) is 9.78 Å². The standard InChI is InChI=1S/C28H30N4O2/c1-19(2)32(17-21-7-5-4-6-8-21)28(33)31-13-14-34-27-12-10-22(15-24(27)18-31)23-9-11-25-26(16-23)30-20(3)29-25/h4-12,15-16,19H,13-14,17-18H2,1-3H3,(H,29,30). The number of fused-ring (bicyclic) bond motifs is 2. The molecule has 0 aliphatic carbocycles. The molecule has 2 amide bonds. The van der Waals surface area contributed by atoms with E-state index in [0.717, 1.165) is 44.9 Å². The fourth-order valence-corrected chi connectivity index (χ4v) is 4.49. The number of hydrogen-bond acceptors (Lipinski definition) is 3. The molecule has 5 rings (SSSR count). The molecular weight excluding hydrogens is 424 g/mol. The Balaban J connectivity index is 1.41. The van der Waals surface area contributed by atoms with Crippen molar-refractivity contribution in [3.05, 3.63) is 83.7 Å². The second kappa shape index (κ2) is 9.21. The van der Waals surface area contributed by atoms with E-state index in [2.05, 4.69) is 60.2 Å². The summed E-state index contributed by atoms with van der Waals surface area (Å²) in [5, 5.41) is 0. The molecule has 34 heavy (non-hydrogen) atoms. The predicted molar refractivity (Wildman–Crippen MR) is 135 cm³/mol. The number of carbonyl (C=O) groups is 1. The monoisotopic (exact) mass is 454 g/mol. The first-order chi connectivity index (χ1) is 16.5. The fourth-order valence-electron chi connectivity index (χ4n) is 4.49. The second-order valence-electron chi connectivity index (χ2n) is 9.14. The van der Waals surface area contributed by atoms with Gasteiger partial charge in [-0.1, -0.05) is 42.5 Å². The summed E-state index contributed by atoms with van der Waals surface area (Å²) >= 11 is 0. The number of H-pyrrole nitrogens is 1. The molecule has 1 N–H and O–H groups in total. The lowest BCUT2D eigenvalue weighted by Crippen LogP contribution is -2.46. The average Bonchev–Trinajstić information content (AvgIpc) is 3.08. The van der Waals surface area contributed by atoms with E-state index in [9.17, 15) is 4.79 Å². The van der Waals surface area contributed by atoms with Crippen molar-refractivity contribution in [3.8, 4) is 16.9 Å². The van der Waals surface area contributed by atoms with E-state index >= 15 is 0 Å². The summed E-state index contributed by atoms with van der Waals surface area (Å²) in [6.07, 6.45) is 0. The van der Waals surface area contributed by atoms with Gasteiger partial charge >= 0.3 is 6.03 Å². The summed E-state index contributed by atoms with van der Waals surface area (Å²) in [5.74, 6) is 1.75. The van der Waals surface area contributed by atoms with Crippen LogP contribution in [0.3, 0.4) is 0 Å². The van der Waals surface area contributed by atoms with Crippen molar-refractivity contribution in [3.63, 3.8) is 0 Å². The number of imidazole rings is 1. The predicted octanol–water partition coefficient (Wildman–Crippen LogP) is 5.76. The first-order valence-electron chi connectivity index (χ1n) is 11.8. The average molecular weight is 455 g/mol. The topological polar surface area (TPSA) is 61.5 Å². The third-order valence-electron chi connectivity index (χ3n) is 6.31. The SMILES string of the molecule is Cc1nc2ccc(-c3ccc4c(c3)CN(C(=O)N(Cc3ccccc3)C(C)C)CCO4)cc2[nH]1. The van der Waals surface area contributed by atoms with E-state index in [-0.39, 0.29) is 12.1 Å². The number of aromatic nitrogens is 2. The zero-order valence-corrected chi connectivity index (χ0v) is 19.9. The minimum atomic E-state index is 0.0371. The summed E-state index contributed by atoms with van der Waals surface area (Å²) in [6.45, 7) is 8.23. The van der Waals surface area contributed by atoms with Crippen LogP contribution in [-0.2, 0) is 13.1 Å². The number of benzene rings is 3. The second-order valence-corrected chi connectivity index (χ2v) is 9.14. The Morgan fingerprint density at radius 2 is 1.85 bits per heavy atom. The molecule has 1 aromatic heterocycles. The molecule has 0 saturated heterocycles. The summed E-state index contributed by atoms with van der Waals surface area (Å²) < 4.78 is 6.02. The molecule has 0 radical (unpaired) electrons. The third-order valence-corrected chi connectivity index (χ3v) is 6.31. The van der Waals surface area contributed by atoms with E-state index in [4.69, 9.17) is 4.74 Å². The molecule has 0 fully saturated rings. The maximum absolute atomic E-state index is 13.6. The molecule has 174 valence electrons. The van der Waals surface area contributed by atoms with Crippen molar-refractivity contribution in [1.29, 1.82) is 0 Å². The quantitative estimate of drug-likeness (QED) is 0.426. The summed E-state index contributed by atoms with van der Waals surface area (Å²) in [6, 6.07) is 22.8. The van der Waals surface area contributed by atoms with Gasteiger partial charge in [-0.05, 0) is 61.7 Å². The zero-order chi connectivity index (χ0) is 23.7. The van der Waals surface area contributed by atoms with Crippen molar-refractivity contribution < 1.29 is 9.53 Å². The Hall–Kier alpha value is -3.80. The molecule has 0 spiro atoms. The maximum Gasteiger partial charge on any atom is 0.320 e. The number of nitrogens with zero attached hydrogens (tertiary/aromatic N) is 3. The van der Waals surface area contributed by atoms with Crippen LogP contribution < -0.4 is 4.74 Å². The fraction of sp³-hybridized carbons (Fsp3) is 0.286. The number of amides is 2. The van der Waals surface area contributed by atoms with Crippen LogP contribution in [0.2, 0.25) is 0 Å². The van der Waals surface area contributed by atoms with Crippen LogP contribution in [0.25, 0.3) is 22.2 Å². The largest absolute Gasteiger partial charge is 0.491 e. The van der Waals surface area contributed by atoms with E-state index in [1.807, 2.05) is 47.1 Å². The normalized spacial score (nSPS) is 13.5. The van der Waals surface area contributed by atoms with Gasteiger partial charge in [0.05, 0.1) is 24.1 Å². The van der Waals surface area contributed by atoms with Crippen LogP contribution in [0.4, 0.5) is 4.79 Å². The van der Waals surface area contributed by atoms with Crippen LogP contribution in [0.15, 0.2) is 66.7 Å². The Morgan fingerprint density at radius 1 is 1.09 bits per heavy atom. The molecule has 1 aliphatic heterocycles. The molecule has 0 bridgehead atoms. The Morgan fingerprint density at radius 3 is 2.65 bits per heavy atom. The number of carbonyl (C=O) groups excluding carboxylic acids is 1. The highest BCUT2D eigenvalue weighted by atomic mass is 16.5. The minimum Gasteiger partial charge on any atom is -0.491 e. The molecule has 6 nitrogen and oxygen atoms in total. The third kappa shape index (κ3) is 4.49. The van der Waals surface area contributed by atoms with Gasteiger partial charge in [0.25, 0.3) is 0 Å². The van der Waals surface area contributed by atoms with Crippen molar-refractivity contribution in [1.82, 2.24) is 19.8 Å². The van der Waals surface area contributed by atoms with E-state index in [1.54, 1.807) is 0 Å². The van der Waals surface area contributed by atoms with Crippen LogP contribution in [-0.4, -0.2) is 45.0 Å². The van der Waals surface area contributed by atoms with Gasteiger partial charge in [-0.15, -0.1) is 0 Å². The number of ether oxygens (including phenoxy) is 1. The summed E-state index contributed by atoms with van der Waals surface area (Å²) in [5.41, 5.74) is 6.33. The van der Waals surface area contributed by atoms with Gasteiger partial charge < -0.3 is 19.5 Å². The number of hydrogen-bond donors (Lipinski definition) is 1. The Labute approximate surface area is 200 Å². The number of aromatic amines is 1. The molecule has 1 aliphatic rings. The Bertz CT molecular complexity index is 1310. The lowest BCUT2D eigenvalue weighted by atomic mass is 10.0. The van der Waals surface area contributed by atoms with Gasteiger partial charge in [-0.3, -0.25) is 0 Å². The number of aryl methyl sites for hydroxylation is 1. The van der Waals surface area contributed by atoms with Gasteiger partial charge in [0.2, 0.25) is 0 Å². The minimum absolute atomic E-state index is 0.0371. The number of nitrogens with one attached hydrogen (secondary N) is 1. The van der Waals surface area contributed by atoms with E-state index < -0.39 is 0 Å². The van der Waals surface area contributed by atoms with Crippen molar-refractivity contribution in [2.24, 2.45) is 0 Å². The molecule has 0 atom stereocenters. The molecule has 3 aromatic carbocycles. The summed E-state index contributed by atoms with van der Waals surface area (Å²) in [7, 11) is 0. The summed E-state index contributed by atoms with van der Waals surface area (Å²) in [4.78, 5) is 25.2.